The molecule has 0 spiro atoms. The highest BCUT2D eigenvalue weighted by atomic mass is 16.3. The Kier molecular flexibility index (Phi) is 2.29. The van der Waals surface area contributed by atoms with Gasteiger partial charge in [-0.3, -0.25) is 4.90 Å². The summed E-state index contributed by atoms with van der Waals surface area (Å²) in [5, 5.41) is 9.06. The molecular formula is C12H21NO. The predicted molar refractivity (Wildman–Crippen MR) is 56.0 cm³/mol. The van der Waals surface area contributed by atoms with E-state index in [9.17, 15) is 0 Å². The molecule has 14 heavy (non-hydrogen) atoms. The summed E-state index contributed by atoms with van der Waals surface area (Å²) in [7, 11) is 0. The molecule has 2 aliphatic carbocycles. The van der Waals surface area contributed by atoms with Gasteiger partial charge in [0, 0.05) is 25.7 Å². The molecule has 2 heteroatoms. The fourth-order valence-corrected chi connectivity index (χ4v) is 3.73. The number of aliphatic hydroxyl groups excluding tert-OH is 1. The Morgan fingerprint density at radius 2 is 1.64 bits per heavy atom. The van der Waals surface area contributed by atoms with Crippen molar-refractivity contribution in [3.63, 3.8) is 0 Å². The van der Waals surface area contributed by atoms with Gasteiger partial charge in [-0.1, -0.05) is 0 Å². The molecule has 3 aliphatic rings. The lowest BCUT2D eigenvalue weighted by Crippen LogP contribution is -2.43. The van der Waals surface area contributed by atoms with Crippen LogP contribution in [-0.4, -0.2) is 35.7 Å². The molecule has 1 saturated heterocycles. The van der Waals surface area contributed by atoms with E-state index in [1.807, 2.05) is 0 Å². The number of aliphatic hydroxyl groups is 1. The standard InChI is InChI=1S/C12H21NO/c14-6-5-12-9-1-2-10(12)8-13(7-9)11-3-4-11/h9-12,14H,1-8H2. The highest BCUT2D eigenvalue weighted by molar-refractivity contribution is 4.97. The minimum atomic E-state index is 0.404. The lowest BCUT2D eigenvalue weighted by Gasteiger charge is -2.38. The third-order valence-electron chi connectivity index (χ3n) is 4.58. The van der Waals surface area contributed by atoms with Gasteiger partial charge in [0.2, 0.25) is 0 Å². The van der Waals surface area contributed by atoms with E-state index in [0.29, 0.717) is 6.61 Å². The SMILES string of the molecule is OCCC1C2CCC1CN(C1CC1)C2. The third kappa shape index (κ3) is 1.49. The monoisotopic (exact) mass is 195 g/mol. The minimum Gasteiger partial charge on any atom is -0.396 e. The highest BCUT2D eigenvalue weighted by Crippen LogP contribution is 2.46. The smallest absolute Gasteiger partial charge is 0.0433 e. The molecule has 1 heterocycles. The molecule has 0 aromatic rings. The lowest BCUT2D eigenvalue weighted by atomic mass is 9.83. The summed E-state index contributed by atoms with van der Waals surface area (Å²) in [5.41, 5.74) is 0. The summed E-state index contributed by atoms with van der Waals surface area (Å²) >= 11 is 0. The zero-order chi connectivity index (χ0) is 9.54. The average molecular weight is 195 g/mol. The topological polar surface area (TPSA) is 23.5 Å². The number of fused-ring (bicyclic) bond motifs is 2. The first-order valence-electron chi connectivity index (χ1n) is 6.23. The highest BCUT2D eigenvalue weighted by Gasteiger charge is 2.44. The maximum absolute atomic E-state index is 9.06. The van der Waals surface area contributed by atoms with Crippen LogP contribution < -0.4 is 0 Å². The Morgan fingerprint density at radius 1 is 1.00 bits per heavy atom. The zero-order valence-corrected chi connectivity index (χ0v) is 8.86. The third-order valence-corrected chi connectivity index (χ3v) is 4.58. The van der Waals surface area contributed by atoms with Gasteiger partial charge in [-0.25, -0.2) is 0 Å². The van der Waals surface area contributed by atoms with Gasteiger partial charge in [-0.15, -0.1) is 0 Å². The van der Waals surface area contributed by atoms with Crippen molar-refractivity contribution >= 4 is 0 Å². The second kappa shape index (κ2) is 3.49. The normalized spacial score (nSPS) is 43.1. The molecule has 2 bridgehead atoms. The van der Waals surface area contributed by atoms with E-state index in [0.717, 1.165) is 30.2 Å². The van der Waals surface area contributed by atoms with Crippen molar-refractivity contribution in [3.8, 4) is 0 Å². The van der Waals surface area contributed by atoms with Gasteiger partial charge < -0.3 is 5.11 Å². The molecule has 0 amide bonds. The van der Waals surface area contributed by atoms with Crippen molar-refractivity contribution in [1.82, 2.24) is 4.90 Å². The second-order valence-corrected chi connectivity index (χ2v) is 5.46. The van der Waals surface area contributed by atoms with E-state index in [2.05, 4.69) is 4.90 Å². The molecule has 0 aromatic carbocycles. The fraction of sp³-hybridized carbons (Fsp3) is 1.00. The Balaban J connectivity index is 1.65. The van der Waals surface area contributed by atoms with Crippen molar-refractivity contribution < 1.29 is 5.11 Å². The Hall–Kier alpha value is -0.0800. The molecule has 1 N–H and O–H groups in total. The quantitative estimate of drug-likeness (QED) is 0.737. The molecule has 1 aliphatic heterocycles. The number of nitrogens with zero attached hydrogens (tertiary/aromatic N) is 1. The largest absolute Gasteiger partial charge is 0.396 e. The maximum atomic E-state index is 9.06. The van der Waals surface area contributed by atoms with Crippen LogP contribution in [0, 0.1) is 17.8 Å². The first-order chi connectivity index (χ1) is 6.88. The van der Waals surface area contributed by atoms with Crippen molar-refractivity contribution in [3.05, 3.63) is 0 Å². The van der Waals surface area contributed by atoms with Gasteiger partial charge in [0.15, 0.2) is 0 Å². The van der Waals surface area contributed by atoms with Gasteiger partial charge in [-0.2, -0.15) is 0 Å². The molecule has 2 atom stereocenters. The fourth-order valence-electron chi connectivity index (χ4n) is 3.73. The van der Waals surface area contributed by atoms with Crippen molar-refractivity contribution in [2.24, 2.45) is 17.8 Å². The molecule has 80 valence electrons. The summed E-state index contributed by atoms with van der Waals surface area (Å²) in [5.74, 6) is 2.69. The van der Waals surface area contributed by atoms with Gasteiger partial charge in [0.1, 0.15) is 0 Å². The molecule has 2 saturated carbocycles. The summed E-state index contributed by atoms with van der Waals surface area (Å²) in [4.78, 5) is 2.73. The van der Waals surface area contributed by atoms with Crippen LogP contribution in [-0.2, 0) is 0 Å². The van der Waals surface area contributed by atoms with Gasteiger partial charge in [0.25, 0.3) is 0 Å². The number of likely N-dealkylation sites (tertiary alicyclic amines) is 1. The van der Waals surface area contributed by atoms with E-state index in [4.69, 9.17) is 5.11 Å². The molecule has 3 fully saturated rings. The number of piperidine rings is 1. The van der Waals surface area contributed by atoms with Crippen LogP contribution in [0.2, 0.25) is 0 Å². The minimum absolute atomic E-state index is 0.404. The summed E-state index contributed by atoms with van der Waals surface area (Å²) in [6.07, 6.45) is 6.82. The molecule has 2 nitrogen and oxygen atoms in total. The molecule has 2 unspecified atom stereocenters. The predicted octanol–water partition coefficient (Wildman–Crippen LogP) is 1.49. The summed E-state index contributed by atoms with van der Waals surface area (Å²) < 4.78 is 0. The van der Waals surface area contributed by atoms with E-state index in [1.54, 1.807) is 0 Å². The van der Waals surface area contributed by atoms with E-state index >= 15 is 0 Å². The van der Waals surface area contributed by atoms with Crippen LogP contribution >= 0.6 is 0 Å². The van der Waals surface area contributed by atoms with Crippen LogP contribution in [0.3, 0.4) is 0 Å². The number of hydrogen-bond donors (Lipinski definition) is 1. The van der Waals surface area contributed by atoms with Gasteiger partial charge >= 0.3 is 0 Å². The maximum Gasteiger partial charge on any atom is 0.0433 e. The Bertz CT molecular complexity index is 200. The molecular weight excluding hydrogens is 174 g/mol. The number of rotatable bonds is 3. The van der Waals surface area contributed by atoms with E-state index in [1.165, 1.54) is 38.8 Å². The average Bonchev–Trinajstić information content (AvgIpc) is 2.99. The van der Waals surface area contributed by atoms with Crippen LogP contribution in [0.4, 0.5) is 0 Å². The summed E-state index contributed by atoms with van der Waals surface area (Å²) in [6, 6.07) is 0.952. The lowest BCUT2D eigenvalue weighted by molar-refractivity contribution is 0.0847. The molecule has 0 aromatic heterocycles. The van der Waals surface area contributed by atoms with Crippen LogP contribution in [0.5, 0.6) is 0 Å². The molecule has 3 rings (SSSR count). The van der Waals surface area contributed by atoms with Crippen molar-refractivity contribution in [2.75, 3.05) is 19.7 Å². The zero-order valence-electron chi connectivity index (χ0n) is 8.86. The van der Waals surface area contributed by atoms with Crippen molar-refractivity contribution in [2.45, 2.75) is 38.1 Å². The van der Waals surface area contributed by atoms with E-state index < -0.39 is 0 Å². The van der Waals surface area contributed by atoms with Crippen LogP contribution in [0.1, 0.15) is 32.1 Å². The first-order valence-corrected chi connectivity index (χ1v) is 6.23. The Labute approximate surface area is 86.3 Å². The van der Waals surface area contributed by atoms with Crippen LogP contribution in [0.15, 0.2) is 0 Å². The van der Waals surface area contributed by atoms with Gasteiger partial charge in [0.05, 0.1) is 0 Å². The first kappa shape index (κ1) is 9.17. The van der Waals surface area contributed by atoms with Crippen molar-refractivity contribution in [1.29, 1.82) is 0 Å². The molecule has 0 radical (unpaired) electrons. The van der Waals surface area contributed by atoms with E-state index in [-0.39, 0.29) is 0 Å². The summed E-state index contributed by atoms with van der Waals surface area (Å²) in [6.45, 7) is 3.08. The number of hydrogen-bond acceptors (Lipinski definition) is 2. The Morgan fingerprint density at radius 3 is 2.14 bits per heavy atom. The van der Waals surface area contributed by atoms with Crippen LogP contribution in [0.25, 0.3) is 0 Å². The second-order valence-electron chi connectivity index (χ2n) is 5.46. The van der Waals surface area contributed by atoms with Gasteiger partial charge in [-0.05, 0) is 49.9 Å².